The second kappa shape index (κ2) is 8.33. The van der Waals surface area contributed by atoms with Gasteiger partial charge in [-0.25, -0.2) is 0 Å². The zero-order valence-electron chi connectivity index (χ0n) is 14.9. The molecule has 0 saturated heterocycles. The van der Waals surface area contributed by atoms with Gasteiger partial charge in [0.05, 0.1) is 0 Å². The Hall–Kier alpha value is -0.812. The minimum Gasteiger partial charge on any atom is -0.409 e. The number of hydrogen-bond donors (Lipinski definition) is 0. The summed E-state index contributed by atoms with van der Waals surface area (Å²) in [5, 5.41) is 0. The molecule has 0 radical (unpaired) electrons. The summed E-state index contributed by atoms with van der Waals surface area (Å²) in [6, 6.07) is 0. The van der Waals surface area contributed by atoms with Crippen LogP contribution in [0.25, 0.3) is 0 Å². The lowest BCUT2D eigenvalue weighted by Crippen LogP contribution is -2.60. The number of hydrogen-bond acceptors (Lipinski definition) is 3. The fourth-order valence-corrected chi connectivity index (χ4v) is 15.5. The van der Waals surface area contributed by atoms with Gasteiger partial charge in [0.1, 0.15) is 0 Å². The Morgan fingerprint density at radius 2 is 0.652 bits per heavy atom. The van der Waals surface area contributed by atoms with Crippen LogP contribution in [0.2, 0.25) is 26.2 Å². The van der Waals surface area contributed by atoms with E-state index in [0.29, 0.717) is 0 Å². The third kappa shape index (κ3) is 6.30. The highest BCUT2D eigenvalue weighted by molar-refractivity contribution is 6.97. The quantitative estimate of drug-likeness (QED) is 0.459. The van der Waals surface area contributed by atoms with Crippen molar-refractivity contribution in [3.8, 4) is 0 Å². The van der Waals surface area contributed by atoms with E-state index in [1.165, 1.54) is 0 Å². The van der Waals surface area contributed by atoms with Gasteiger partial charge < -0.3 is 12.3 Å². The van der Waals surface area contributed by atoms with Crippen LogP contribution in [0.4, 0.5) is 0 Å². The SMILES string of the molecule is C=C[Si](C)(C=C)O[Si](C)(O[Si](C)(C=C)C=C)O[Si](C)(C=C)C=C. The molecular weight excluding hydrogens is 353 g/mol. The van der Waals surface area contributed by atoms with Crippen LogP contribution in [-0.4, -0.2) is 33.8 Å². The van der Waals surface area contributed by atoms with Crippen LogP contribution in [0.5, 0.6) is 0 Å². The molecule has 0 saturated carbocycles. The summed E-state index contributed by atoms with van der Waals surface area (Å²) in [5.41, 5.74) is 10.9. The lowest BCUT2D eigenvalue weighted by atomic mass is 11.2. The molecular formula is C16H30O3Si4. The zero-order chi connectivity index (χ0) is 18.4. The summed E-state index contributed by atoms with van der Waals surface area (Å²) in [6.07, 6.45) is 0. The molecule has 23 heavy (non-hydrogen) atoms. The highest BCUT2D eigenvalue weighted by Crippen LogP contribution is 2.27. The van der Waals surface area contributed by atoms with Crippen LogP contribution in [0, 0.1) is 0 Å². The van der Waals surface area contributed by atoms with Crippen molar-refractivity contribution in [3.05, 3.63) is 73.7 Å². The molecule has 0 unspecified atom stereocenters. The minimum atomic E-state index is -3.02. The number of rotatable bonds is 12. The summed E-state index contributed by atoms with van der Waals surface area (Å²) in [4.78, 5) is 0. The highest BCUT2D eigenvalue weighted by Gasteiger charge is 2.48. The van der Waals surface area contributed by atoms with Gasteiger partial charge in [-0.1, -0.05) is 34.2 Å². The maximum atomic E-state index is 6.40. The predicted molar refractivity (Wildman–Crippen MR) is 111 cm³/mol. The van der Waals surface area contributed by atoms with Crippen molar-refractivity contribution < 1.29 is 12.3 Å². The molecule has 128 valence electrons. The van der Waals surface area contributed by atoms with Crippen molar-refractivity contribution in [1.82, 2.24) is 0 Å². The first-order valence-corrected chi connectivity index (χ1v) is 17.3. The lowest BCUT2D eigenvalue weighted by Gasteiger charge is -2.41. The molecule has 0 rings (SSSR count). The van der Waals surface area contributed by atoms with Crippen LogP contribution in [0.1, 0.15) is 0 Å². The average molecular weight is 383 g/mol. The van der Waals surface area contributed by atoms with Crippen LogP contribution in [0.15, 0.2) is 73.7 Å². The van der Waals surface area contributed by atoms with E-state index in [0.717, 1.165) is 0 Å². The van der Waals surface area contributed by atoms with E-state index in [2.05, 4.69) is 39.5 Å². The van der Waals surface area contributed by atoms with E-state index >= 15 is 0 Å². The molecule has 0 aliphatic heterocycles. The van der Waals surface area contributed by atoms with E-state index in [-0.39, 0.29) is 0 Å². The molecule has 0 atom stereocenters. The third-order valence-electron chi connectivity index (χ3n) is 3.65. The van der Waals surface area contributed by atoms with Gasteiger partial charge in [0, 0.05) is 6.55 Å². The fraction of sp³-hybridized carbons (Fsp3) is 0.250. The van der Waals surface area contributed by atoms with Crippen molar-refractivity contribution in [2.24, 2.45) is 0 Å². The summed E-state index contributed by atoms with van der Waals surface area (Å²) in [7, 11) is -10.0. The van der Waals surface area contributed by atoms with Crippen LogP contribution < -0.4 is 0 Å². The standard InChI is InChI=1S/C16H30O3Si4/c1-11-20(7,12-2)17-23(10,18-21(8,13-3)14-4)19-22(9,15-5)16-6/h11-16H,1-6H2,7-10H3. The van der Waals surface area contributed by atoms with Crippen LogP contribution in [-0.2, 0) is 12.3 Å². The molecule has 0 spiro atoms. The minimum absolute atomic E-state index is 1.82. The molecule has 0 aromatic heterocycles. The molecule has 3 nitrogen and oxygen atoms in total. The van der Waals surface area contributed by atoms with Crippen LogP contribution >= 0.6 is 0 Å². The molecule has 0 N–H and O–H groups in total. The van der Waals surface area contributed by atoms with Gasteiger partial charge in [0.2, 0.25) is 25.0 Å². The van der Waals surface area contributed by atoms with Crippen molar-refractivity contribution >= 4 is 33.8 Å². The smallest absolute Gasteiger partial charge is 0.409 e. The Morgan fingerprint density at radius 1 is 0.478 bits per heavy atom. The maximum absolute atomic E-state index is 6.40. The van der Waals surface area contributed by atoms with Crippen molar-refractivity contribution in [2.75, 3.05) is 0 Å². The Kier molecular flexibility index (Phi) is 8.04. The fourth-order valence-electron chi connectivity index (χ4n) is 1.76. The van der Waals surface area contributed by atoms with E-state index < -0.39 is 33.8 Å². The van der Waals surface area contributed by atoms with E-state index in [9.17, 15) is 0 Å². The zero-order valence-corrected chi connectivity index (χ0v) is 18.9. The van der Waals surface area contributed by atoms with Gasteiger partial charge in [-0.15, -0.1) is 39.5 Å². The molecule has 0 aromatic carbocycles. The van der Waals surface area contributed by atoms with Gasteiger partial charge >= 0.3 is 8.80 Å². The molecule has 0 aromatic rings. The summed E-state index contributed by atoms with van der Waals surface area (Å²) in [5.74, 6) is 0. The Bertz CT molecular complexity index is 408. The highest BCUT2D eigenvalue weighted by atomic mass is 28.5. The molecule has 0 bridgehead atoms. The lowest BCUT2D eigenvalue weighted by molar-refractivity contribution is 0.270. The maximum Gasteiger partial charge on any atom is 0.467 e. The summed E-state index contributed by atoms with van der Waals surface area (Å²) < 4.78 is 19.2. The molecule has 0 heterocycles. The van der Waals surface area contributed by atoms with E-state index in [1.807, 2.05) is 60.4 Å². The van der Waals surface area contributed by atoms with Gasteiger partial charge in [0.15, 0.2) is 0 Å². The normalized spacial score (nSPS) is 13.0. The molecule has 0 aliphatic rings. The third-order valence-corrected chi connectivity index (χ3v) is 18.2. The first-order valence-electron chi connectivity index (χ1n) is 7.41. The second-order valence-corrected chi connectivity index (χ2v) is 19.7. The second-order valence-electron chi connectivity index (χ2n) is 5.94. The van der Waals surface area contributed by atoms with Gasteiger partial charge in [-0.2, -0.15) is 0 Å². The molecule has 0 amide bonds. The Morgan fingerprint density at radius 3 is 0.783 bits per heavy atom. The predicted octanol–water partition coefficient (Wildman–Crippen LogP) is 4.68. The molecule has 0 aliphatic carbocycles. The van der Waals surface area contributed by atoms with Crippen LogP contribution in [0.3, 0.4) is 0 Å². The van der Waals surface area contributed by atoms with Crippen molar-refractivity contribution in [2.45, 2.75) is 26.2 Å². The average Bonchev–Trinajstić information content (AvgIpc) is 2.53. The Labute approximate surface area is 146 Å². The van der Waals surface area contributed by atoms with Gasteiger partial charge in [-0.3, -0.25) is 0 Å². The Balaban J connectivity index is 5.86. The monoisotopic (exact) mass is 382 g/mol. The largest absolute Gasteiger partial charge is 0.467 e. The van der Waals surface area contributed by atoms with Crippen molar-refractivity contribution in [3.63, 3.8) is 0 Å². The first kappa shape index (κ1) is 22.2. The first-order chi connectivity index (χ1) is 10.5. The summed E-state index contributed by atoms with van der Waals surface area (Å²) in [6.45, 7) is 31.2. The van der Waals surface area contributed by atoms with Gasteiger partial charge in [0.25, 0.3) is 0 Å². The summed E-state index contributed by atoms with van der Waals surface area (Å²) >= 11 is 0. The van der Waals surface area contributed by atoms with Crippen molar-refractivity contribution in [1.29, 1.82) is 0 Å². The topological polar surface area (TPSA) is 27.7 Å². The van der Waals surface area contributed by atoms with E-state index in [4.69, 9.17) is 12.3 Å². The van der Waals surface area contributed by atoms with E-state index in [1.54, 1.807) is 0 Å². The molecule has 0 fully saturated rings. The molecule has 7 heteroatoms. The van der Waals surface area contributed by atoms with Gasteiger partial charge in [-0.05, 0) is 19.6 Å².